The lowest BCUT2D eigenvalue weighted by Gasteiger charge is -2.02. The topological polar surface area (TPSA) is 31.4 Å². The first kappa shape index (κ1) is 12.0. The molecular weight excluding hydrogens is 241 g/mol. The standard InChI is InChI=1S/C12H12FNO2S/c1-15-6-8-7-17-12(14-8)10-4-3-9(16-2)5-11(10)13/h3-5,7H,6H2,1-2H3. The molecule has 0 atom stereocenters. The van der Waals surface area contributed by atoms with Crippen LogP contribution in [0.15, 0.2) is 23.6 Å². The molecule has 1 aromatic heterocycles. The molecular formula is C12H12FNO2S. The molecule has 90 valence electrons. The number of ether oxygens (including phenoxy) is 2. The highest BCUT2D eigenvalue weighted by molar-refractivity contribution is 7.13. The number of hydrogen-bond acceptors (Lipinski definition) is 4. The van der Waals surface area contributed by atoms with Gasteiger partial charge in [0.25, 0.3) is 0 Å². The van der Waals surface area contributed by atoms with Crippen molar-refractivity contribution in [1.29, 1.82) is 0 Å². The van der Waals surface area contributed by atoms with Gasteiger partial charge in [0.1, 0.15) is 16.6 Å². The summed E-state index contributed by atoms with van der Waals surface area (Å²) in [5.74, 6) is 0.169. The van der Waals surface area contributed by atoms with Gasteiger partial charge in [-0.05, 0) is 12.1 Å². The Balaban J connectivity index is 2.32. The first-order valence-electron chi connectivity index (χ1n) is 5.02. The fourth-order valence-corrected chi connectivity index (χ4v) is 2.27. The molecule has 0 aliphatic carbocycles. The highest BCUT2D eigenvalue weighted by Crippen LogP contribution is 2.28. The van der Waals surface area contributed by atoms with E-state index in [-0.39, 0.29) is 5.82 Å². The zero-order valence-corrected chi connectivity index (χ0v) is 10.4. The summed E-state index contributed by atoms with van der Waals surface area (Å²) >= 11 is 1.40. The number of halogens is 1. The first-order chi connectivity index (χ1) is 8.24. The zero-order valence-electron chi connectivity index (χ0n) is 9.57. The van der Waals surface area contributed by atoms with Gasteiger partial charge in [0.05, 0.1) is 19.4 Å². The normalized spacial score (nSPS) is 10.5. The molecule has 3 nitrogen and oxygen atoms in total. The van der Waals surface area contributed by atoms with E-state index >= 15 is 0 Å². The summed E-state index contributed by atoms with van der Waals surface area (Å²) < 4.78 is 23.7. The molecule has 0 radical (unpaired) electrons. The molecule has 0 N–H and O–H groups in total. The van der Waals surface area contributed by atoms with E-state index < -0.39 is 0 Å². The number of aromatic nitrogens is 1. The van der Waals surface area contributed by atoms with Crippen molar-refractivity contribution in [1.82, 2.24) is 4.98 Å². The molecule has 0 aliphatic rings. The smallest absolute Gasteiger partial charge is 0.137 e. The van der Waals surface area contributed by atoms with Crippen LogP contribution in [-0.4, -0.2) is 19.2 Å². The van der Waals surface area contributed by atoms with Gasteiger partial charge in [0, 0.05) is 24.1 Å². The van der Waals surface area contributed by atoms with Crippen molar-refractivity contribution in [2.24, 2.45) is 0 Å². The number of hydrogen-bond donors (Lipinski definition) is 0. The van der Waals surface area contributed by atoms with Crippen LogP contribution in [0.25, 0.3) is 10.6 Å². The molecule has 0 unspecified atom stereocenters. The molecule has 0 saturated carbocycles. The Kier molecular flexibility index (Phi) is 3.71. The summed E-state index contributed by atoms with van der Waals surface area (Å²) in [7, 11) is 3.11. The Hall–Kier alpha value is -1.46. The molecule has 5 heteroatoms. The maximum absolute atomic E-state index is 13.8. The summed E-state index contributed by atoms with van der Waals surface area (Å²) in [5, 5.41) is 2.51. The number of benzene rings is 1. The minimum atomic E-state index is -0.331. The maximum atomic E-state index is 13.8. The van der Waals surface area contributed by atoms with Crippen LogP contribution in [0.2, 0.25) is 0 Å². The van der Waals surface area contributed by atoms with E-state index in [2.05, 4.69) is 4.98 Å². The van der Waals surface area contributed by atoms with Crippen molar-refractivity contribution in [2.45, 2.75) is 6.61 Å². The second-order valence-corrected chi connectivity index (χ2v) is 4.28. The summed E-state index contributed by atoms with van der Waals surface area (Å²) in [5.41, 5.74) is 1.29. The van der Waals surface area contributed by atoms with Crippen LogP contribution in [0, 0.1) is 5.82 Å². The quantitative estimate of drug-likeness (QED) is 0.839. The maximum Gasteiger partial charge on any atom is 0.137 e. The van der Waals surface area contributed by atoms with Gasteiger partial charge in [-0.3, -0.25) is 0 Å². The highest BCUT2D eigenvalue weighted by atomic mass is 32.1. The van der Waals surface area contributed by atoms with Gasteiger partial charge < -0.3 is 9.47 Å². The van der Waals surface area contributed by atoms with E-state index in [9.17, 15) is 4.39 Å². The summed E-state index contributed by atoms with van der Waals surface area (Å²) in [4.78, 5) is 4.30. The molecule has 17 heavy (non-hydrogen) atoms. The van der Waals surface area contributed by atoms with E-state index in [1.165, 1.54) is 24.5 Å². The van der Waals surface area contributed by atoms with Gasteiger partial charge in [-0.25, -0.2) is 9.37 Å². The summed E-state index contributed by atoms with van der Waals surface area (Å²) in [6, 6.07) is 4.74. The van der Waals surface area contributed by atoms with Crippen LogP contribution < -0.4 is 4.74 Å². The van der Waals surface area contributed by atoms with Crippen LogP contribution in [0.3, 0.4) is 0 Å². The highest BCUT2D eigenvalue weighted by Gasteiger charge is 2.10. The molecule has 0 amide bonds. The van der Waals surface area contributed by atoms with E-state index in [1.54, 1.807) is 19.2 Å². The third kappa shape index (κ3) is 2.62. The van der Waals surface area contributed by atoms with Crippen molar-refractivity contribution in [3.05, 3.63) is 35.1 Å². The molecule has 2 aromatic rings. The average molecular weight is 253 g/mol. The van der Waals surface area contributed by atoms with Gasteiger partial charge in [0.2, 0.25) is 0 Å². The molecule has 2 rings (SSSR count). The number of nitrogens with zero attached hydrogens (tertiary/aromatic N) is 1. The van der Waals surface area contributed by atoms with E-state index in [0.29, 0.717) is 22.9 Å². The molecule has 0 saturated heterocycles. The molecule has 1 heterocycles. The first-order valence-corrected chi connectivity index (χ1v) is 5.90. The fourth-order valence-electron chi connectivity index (χ4n) is 1.44. The van der Waals surface area contributed by atoms with Crippen LogP contribution in [0.5, 0.6) is 5.75 Å². The van der Waals surface area contributed by atoms with Crippen molar-refractivity contribution < 1.29 is 13.9 Å². The molecule has 0 spiro atoms. The predicted molar refractivity (Wildman–Crippen MR) is 64.8 cm³/mol. The third-order valence-corrected chi connectivity index (χ3v) is 3.18. The van der Waals surface area contributed by atoms with Crippen LogP contribution in [0.1, 0.15) is 5.69 Å². The van der Waals surface area contributed by atoms with Gasteiger partial charge in [-0.15, -0.1) is 11.3 Å². The van der Waals surface area contributed by atoms with Gasteiger partial charge in [0.15, 0.2) is 0 Å². The van der Waals surface area contributed by atoms with E-state index in [4.69, 9.17) is 9.47 Å². The molecule has 1 aromatic carbocycles. The average Bonchev–Trinajstić information content (AvgIpc) is 2.78. The second-order valence-electron chi connectivity index (χ2n) is 3.42. The SMILES string of the molecule is COCc1csc(-c2ccc(OC)cc2F)n1. The third-order valence-electron chi connectivity index (χ3n) is 2.25. The molecule has 0 bridgehead atoms. The number of rotatable bonds is 4. The Bertz CT molecular complexity index is 513. The lowest BCUT2D eigenvalue weighted by atomic mass is 10.2. The van der Waals surface area contributed by atoms with Crippen LogP contribution in [-0.2, 0) is 11.3 Å². The number of methoxy groups -OCH3 is 2. The molecule has 0 aliphatic heterocycles. The van der Waals surface area contributed by atoms with Gasteiger partial charge >= 0.3 is 0 Å². The van der Waals surface area contributed by atoms with E-state index in [0.717, 1.165) is 5.69 Å². The lowest BCUT2D eigenvalue weighted by Crippen LogP contribution is -1.90. The summed E-state index contributed by atoms with van der Waals surface area (Å²) in [6.45, 7) is 0.439. The van der Waals surface area contributed by atoms with Crippen molar-refractivity contribution in [3.8, 4) is 16.3 Å². The Morgan fingerprint density at radius 1 is 1.35 bits per heavy atom. The van der Waals surface area contributed by atoms with Gasteiger partial charge in [-0.1, -0.05) is 0 Å². The lowest BCUT2D eigenvalue weighted by molar-refractivity contribution is 0.182. The predicted octanol–water partition coefficient (Wildman–Crippen LogP) is 3.10. The fraction of sp³-hybridized carbons (Fsp3) is 0.250. The van der Waals surface area contributed by atoms with Crippen molar-refractivity contribution in [2.75, 3.05) is 14.2 Å². The van der Waals surface area contributed by atoms with Crippen molar-refractivity contribution in [3.63, 3.8) is 0 Å². The Morgan fingerprint density at radius 2 is 2.18 bits per heavy atom. The monoisotopic (exact) mass is 253 g/mol. The van der Waals surface area contributed by atoms with Gasteiger partial charge in [-0.2, -0.15) is 0 Å². The van der Waals surface area contributed by atoms with E-state index in [1.807, 2.05) is 5.38 Å². The minimum Gasteiger partial charge on any atom is -0.497 e. The second kappa shape index (κ2) is 5.25. The minimum absolute atomic E-state index is 0.331. The van der Waals surface area contributed by atoms with Crippen LogP contribution in [0.4, 0.5) is 4.39 Å². The Morgan fingerprint density at radius 3 is 2.82 bits per heavy atom. The Labute approximate surface area is 103 Å². The van der Waals surface area contributed by atoms with Crippen molar-refractivity contribution >= 4 is 11.3 Å². The largest absolute Gasteiger partial charge is 0.497 e. The van der Waals surface area contributed by atoms with Crippen LogP contribution >= 0.6 is 11.3 Å². The number of thiazole rings is 1. The zero-order chi connectivity index (χ0) is 12.3. The molecule has 0 fully saturated rings. The summed E-state index contributed by atoms with van der Waals surface area (Å²) in [6.07, 6.45) is 0.